The van der Waals surface area contributed by atoms with Gasteiger partial charge in [0.25, 0.3) is 5.91 Å². The molecule has 2 amide bonds. The maximum absolute atomic E-state index is 12.3. The van der Waals surface area contributed by atoms with Crippen LogP contribution in [0.1, 0.15) is 75.6 Å². The Balaban J connectivity index is 2.48. The lowest BCUT2D eigenvalue weighted by Gasteiger charge is -2.13. The van der Waals surface area contributed by atoms with Gasteiger partial charge in [0, 0.05) is 13.0 Å². The number of carbonyl (C=O) groups excluding carboxylic acids is 2. The predicted molar refractivity (Wildman–Crippen MR) is 111 cm³/mol. The van der Waals surface area contributed by atoms with Crippen LogP contribution < -0.4 is 16.0 Å². The van der Waals surface area contributed by atoms with Crippen LogP contribution in [-0.2, 0) is 4.79 Å². The Labute approximate surface area is 162 Å². The first-order chi connectivity index (χ1) is 12.6. The Hall–Kier alpha value is -1.95. The minimum Gasteiger partial charge on any atom is -0.352 e. The molecule has 0 heterocycles. The molecule has 0 aliphatic rings. The van der Waals surface area contributed by atoms with Gasteiger partial charge in [-0.25, -0.2) is 0 Å². The van der Waals surface area contributed by atoms with Gasteiger partial charge in [0.1, 0.15) is 0 Å². The van der Waals surface area contributed by atoms with Crippen LogP contribution in [0.4, 0.5) is 5.69 Å². The number of anilines is 1. The van der Waals surface area contributed by atoms with E-state index in [9.17, 15) is 9.59 Å². The number of para-hydroxylation sites is 1. The molecule has 6 heteroatoms. The summed E-state index contributed by atoms with van der Waals surface area (Å²) in [5, 5.41) is 8.76. The quantitative estimate of drug-likeness (QED) is 0.395. The minimum absolute atomic E-state index is 0.0936. The van der Waals surface area contributed by atoms with Gasteiger partial charge in [-0.3, -0.25) is 9.59 Å². The molecule has 1 aromatic rings. The summed E-state index contributed by atoms with van der Waals surface area (Å²) >= 11 is 5.21. The highest BCUT2D eigenvalue weighted by Crippen LogP contribution is 2.15. The molecule has 0 unspecified atom stereocenters. The molecule has 0 aliphatic carbocycles. The molecule has 144 valence electrons. The molecule has 0 aromatic heterocycles. The second-order valence-corrected chi connectivity index (χ2v) is 6.73. The van der Waals surface area contributed by atoms with Gasteiger partial charge in [0.2, 0.25) is 5.91 Å². The van der Waals surface area contributed by atoms with Gasteiger partial charge in [-0.15, -0.1) is 0 Å². The first kappa shape index (κ1) is 22.1. The van der Waals surface area contributed by atoms with Crippen molar-refractivity contribution in [2.75, 3.05) is 11.9 Å². The van der Waals surface area contributed by atoms with Crippen molar-refractivity contribution >= 4 is 34.8 Å². The van der Waals surface area contributed by atoms with Crippen molar-refractivity contribution in [3.05, 3.63) is 29.8 Å². The average Bonchev–Trinajstić information content (AvgIpc) is 2.62. The van der Waals surface area contributed by atoms with Gasteiger partial charge < -0.3 is 16.0 Å². The SMILES string of the molecule is CCCCCCCC(=O)NC(=S)Nc1ccccc1C(=O)NCCCC. The second kappa shape index (κ2) is 13.3. The van der Waals surface area contributed by atoms with Crippen LogP contribution >= 0.6 is 12.2 Å². The maximum atomic E-state index is 12.3. The smallest absolute Gasteiger partial charge is 0.253 e. The monoisotopic (exact) mass is 377 g/mol. The van der Waals surface area contributed by atoms with Gasteiger partial charge in [0.15, 0.2) is 5.11 Å². The molecular weight excluding hydrogens is 346 g/mol. The summed E-state index contributed by atoms with van der Waals surface area (Å²) in [5.74, 6) is -0.240. The fraction of sp³-hybridized carbons (Fsp3) is 0.550. The zero-order chi connectivity index (χ0) is 19.2. The lowest BCUT2D eigenvalue weighted by atomic mass is 10.1. The number of hydrogen-bond donors (Lipinski definition) is 3. The molecule has 0 fully saturated rings. The highest BCUT2D eigenvalue weighted by atomic mass is 32.1. The number of unbranched alkanes of at least 4 members (excludes halogenated alkanes) is 5. The molecule has 0 aliphatic heterocycles. The predicted octanol–water partition coefficient (Wildman–Crippen LogP) is 4.39. The van der Waals surface area contributed by atoms with Crippen LogP contribution in [0.15, 0.2) is 24.3 Å². The Morgan fingerprint density at radius 2 is 1.65 bits per heavy atom. The highest BCUT2D eigenvalue weighted by Gasteiger charge is 2.12. The summed E-state index contributed by atoms with van der Waals surface area (Å²) in [4.78, 5) is 24.2. The molecule has 0 radical (unpaired) electrons. The molecule has 1 rings (SSSR count). The van der Waals surface area contributed by atoms with Crippen LogP contribution in [0.2, 0.25) is 0 Å². The van der Waals surface area contributed by atoms with Crippen LogP contribution in [-0.4, -0.2) is 23.5 Å². The third kappa shape index (κ3) is 8.94. The summed E-state index contributed by atoms with van der Waals surface area (Å²) in [6.45, 7) is 4.88. The van der Waals surface area contributed by atoms with E-state index in [1.54, 1.807) is 18.2 Å². The maximum Gasteiger partial charge on any atom is 0.253 e. The lowest BCUT2D eigenvalue weighted by Crippen LogP contribution is -2.35. The van der Waals surface area contributed by atoms with Gasteiger partial charge in [0.05, 0.1) is 11.3 Å². The van der Waals surface area contributed by atoms with E-state index in [0.717, 1.165) is 32.1 Å². The van der Waals surface area contributed by atoms with Crippen LogP contribution in [0.5, 0.6) is 0 Å². The van der Waals surface area contributed by atoms with E-state index in [4.69, 9.17) is 12.2 Å². The van der Waals surface area contributed by atoms with E-state index >= 15 is 0 Å². The van der Waals surface area contributed by atoms with Gasteiger partial charge >= 0.3 is 0 Å². The van der Waals surface area contributed by atoms with Gasteiger partial charge in [-0.1, -0.05) is 58.1 Å². The Morgan fingerprint density at radius 3 is 2.38 bits per heavy atom. The number of carbonyl (C=O) groups is 2. The molecule has 0 saturated carbocycles. The number of rotatable bonds is 11. The van der Waals surface area contributed by atoms with E-state index in [1.165, 1.54) is 12.8 Å². The summed E-state index contributed by atoms with van der Waals surface area (Å²) in [7, 11) is 0. The summed E-state index contributed by atoms with van der Waals surface area (Å²) in [6, 6.07) is 7.14. The molecular formula is C20H31N3O2S. The Bertz CT molecular complexity index is 590. The minimum atomic E-state index is -0.147. The number of benzene rings is 1. The van der Waals surface area contributed by atoms with Gasteiger partial charge in [-0.2, -0.15) is 0 Å². The van der Waals surface area contributed by atoms with Crippen molar-refractivity contribution in [3.8, 4) is 0 Å². The first-order valence-corrected chi connectivity index (χ1v) is 9.97. The first-order valence-electron chi connectivity index (χ1n) is 9.56. The van der Waals surface area contributed by atoms with Gasteiger partial charge in [-0.05, 0) is 37.2 Å². The molecule has 5 nitrogen and oxygen atoms in total. The molecule has 0 saturated heterocycles. The molecule has 26 heavy (non-hydrogen) atoms. The van der Waals surface area contributed by atoms with Crippen molar-refractivity contribution in [2.45, 2.75) is 65.2 Å². The Kier molecular flexibility index (Phi) is 11.3. The topological polar surface area (TPSA) is 70.2 Å². The zero-order valence-electron chi connectivity index (χ0n) is 15.9. The molecule has 0 atom stereocenters. The van der Waals surface area contributed by atoms with E-state index in [2.05, 4.69) is 29.8 Å². The highest BCUT2D eigenvalue weighted by molar-refractivity contribution is 7.80. The summed E-state index contributed by atoms with van der Waals surface area (Å²) in [5.41, 5.74) is 1.11. The number of nitrogens with one attached hydrogen (secondary N) is 3. The third-order valence-corrected chi connectivity index (χ3v) is 4.20. The third-order valence-electron chi connectivity index (χ3n) is 4.00. The molecule has 1 aromatic carbocycles. The van der Waals surface area contributed by atoms with Crippen molar-refractivity contribution in [1.82, 2.24) is 10.6 Å². The van der Waals surface area contributed by atoms with Crippen molar-refractivity contribution < 1.29 is 9.59 Å². The lowest BCUT2D eigenvalue weighted by molar-refractivity contribution is -0.119. The van der Waals surface area contributed by atoms with E-state index in [-0.39, 0.29) is 16.9 Å². The zero-order valence-corrected chi connectivity index (χ0v) is 16.7. The number of thiocarbonyl (C=S) groups is 1. The fourth-order valence-electron chi connectivity index (χ4n) is 2.50. The van der Waals surface area contributed by atoms with E-state index < -0.39 is 0 Å². The molecule has 0 bridgehead atoms. The summed E-state index contributed by atoms with van der Waals surface area (Å²) in [6.07, 6.45) is 7.90. The molecule has 3 N–H and O–H groups in total. The van der Waals surface area contributed by atoms with Crippen molar-refractivity contribution in [1.29, 1.82) is 0 Å². The van der Waals surface area contributed by atoms with Crippen LogP contribution in [0.25, 0.3) is 0 Å². The largest absolute Gasteiger partial charge is 0.352 e. The standard InChI is InChI=1S/C20H31N3O2S/c1-3-5-7-8-9-14-18(24)23-20(26)22-17-13-11-10-12-16(17)19(25)21-15-6-4-2/h10-13H,3-9,14-15H2,1-2H3,(H,21,25)(H2,22,23,24,26). The number of hydrogen-bond acceptors (Lipinski definition) is 3. The van der Waals surface area contributed by atoms with E-state index in [1.807, 2.05) is 6.07 Å². The van der Waals surface area contributed by atoms with Crippen molar-refractivity contribution in [3.63, 3.8) is 0 Å². The van der Waals surface area contributed by atoms with E-state index in [0.29, 0.717) is 24.2 Å². The fourth-order valence-corrected chi connectivity index (χ4v) is 2.72. The second-order valence-electron chi connectivity index (χ2n) is 6.32. The Morgan fingerprint density at radius 1 is 0.962 bits per heavy atom. The molecule has 0 spiro atoms. The van der Waals surface area contributed by atoms with Crippen LogP contribution in [0, 0.1) is 0 Å². The average molecular weight is 378 g/mol. The summed E-state index contributed by atoms with van der Waals surface area (Å²) < 4.78 is 0. The van der Waals surface area contributed by atoms with Crippen molar-refractivity contribution in [2.24, 2.45) is 0 Å². The number of amides is 2. The normalized spacial score (nSPS) is 10.2. The van der Waals surface area contributed by atoms with Crippen LogP contribution in [0.3, 0.4) is 0 Å².